The van der Waals surface area contributed by atoms with Crippen LogP contribution in [0.3, 0.4) is 0 Å². The molecule has 1 atom stereocenters. The number of amides is 1. The van der Waals surface area contributed by atoms with Crippen molar-refractivity contribution < 1.29 is 9.53 Å². The lowest BCUT2D eigenvalue weighted by Crippen LogP contribution is -2.31. The Hall–Kier alpha value is -2.03. The van der Waals surface area contributed by atoms with Crippen LogP contribution in [0.25, 0.3) is 0 Å². The van der Waals surface area contributed by atoms with Crippen molar-refractivity contribution >= 4 is 11.8 Å². The molecule has 1 aromatic carbocycles. The van der Waals surface area contributed by atoms with Crippen LogP contribution in [0.2, 0.25) is 0 Å². The summed E-state index contributed by atoms with van der Waals surface area (Å²) in [6.07, 6.45) is 11.8. The van der Waals surface area contributed by atoms with Crippen LogP contribution in [0, 0.1) is 0 Å². The van der Waals surface area contributed by atoms with E-state index in [4.69, 9.17) is 4.74 Å². The van der Waals surface area contributed by atoms with E-state index in [0.29, 0.717) is 0 Å². The van der Waals surface area contributed by atoms with Crippen molar-refractivity contribution in [1.29, 1.82) is 0 Å². The summed E-state index contributed by atoms with van der Waals surface area (Å²) in [5.74, 6) is 0. The van der Waals surface area contributed by atoms with Gasteiger partial charge in [0, 0.05) is 5.69 Å². The highest BCUT2D eigenvalue weighted by Gasteiger charge is 2.25. The molecule has 0 radical (unpaired) electrons. The van der Waals surface area contributed by atoms with Crippen molar-refractivity contribution in [3.05, 3.63) is 54.6 Å². The lowest BCUT2D eigenvalue weighted by Gasteiger charge is -2.26. The van der Waals surface area contributed by atoms with Gasteiger partial charge in [0.25, 0.3) is 0 Å². The molecule has 3 heteroatoms. The van der Waals surface area contributed by atoms with Crippen molar-refractivity contribution in [1.82, 2.24) is 0 Å². The minimum Gasteiger partial charge on any atom is -0.439 e. The van der Waals surface area contributed by atoms with Gasteiger partial charge in [0.05, 0.1) is 0 Å². The first-order chi connectivity index (χ1) is 9.68. The molecule has 0 fully saturated rings. The van der Waals surface area contributed by atoms with Crippen LogP contribution in [0.4, 0.5) is 10.5 Å². The first-order valence-electron chi connectivity index (χ1n) is 7.07. The summed E-state index contributed by atoms with van der Waals surface area (Å²) in [5.41, 5.74) is 0.195. The third kappa shape index (κ3) is 4.57. The first-order valence-corrected chi connectivity index (χ1v) is 7.07. The third-order valence-electron chi connectivity index (χ3n) is 3.34. The molecule has 0 heterocycles. The van der Waals surface area contributed by atoms with E-state index in [-0.39, 0.29) is 0 Å². The molecular weight excluding hydrogens is 250 g/mol. The van der Waals surface area contributed by atoms with Crippen LogP contribution in [-0.4, -0.2) is 11.7 Å². The topological polar surface area (TPSA) is 38.3 Å². The number of ether oxygens (including phenoxy) is 1. The van der Waals surface area contributed by atoms with E-state index in [0.717, 1.165) is 31.4 Å². The second kappa shape index (κ2) is 6.94. The molecular formula is C17H21NO2. The minimum atomic E-state index is -0.548. The minimum absolute atomic E-state index is 0.411. The first kappa shape index (κ1) is 14.4. The number of hydrogen-bond acceptors (Lipinski definition) is 2. The Balaban J connectivity index is 1.97. The summed E-state index contributed by atoms with van der Waals surface area (Å²) in [5, 5.41) is 2.75. The van der Waals surface area contributed by atoms with Crippen LogP contribution >= 0.6 is 0 Å². The molecule has 3 nitrogen and oxygen atoms in total. The highest BCUT2D eigenvalue weighted by molar-refractivity contribution is 5.84. The smallest absolute Gasteiger partial charge is 0.412 e. The number of benzene rings is 1. The highest BCUT2D eigenvalue weighted by atomic mass is 16.6. The molecule has 106 valence electrons. The molecule has 1 aliphatic carbocycles. The van der Waals surface area contributed by atoms with Gasteiger partial charge in [0.1, 0.15) is 5.60 Å². The summed E-state index contributed by atoms with van der Waals surface area (Å²) in [7, 11) is 0. The van der Waals surface area contributed by atoms with E-state index in [1.54, 1.807) is 0 Å². The maximum Gasteiger partial charge on any atom is 0.412 e. The molecule has 20 heavy (non-hydrogen) atoms. The summed E-state index contributed by atoms with van der Waals surface area (Å²) in [6.45, 7) is 1.95. The van der Waals surface area contributed by atoms with Crippen LogP contribution in [0.1, 0.15) is 32.6 Å². The number of para-hydroxylation sites is 1. The zero-order valence-electron chi connectivity index (χ0n) is 11.8. The molecule has 0 saturated heterocycles. The predicted octanol–water partition coefficient (Wildman–Crippen LogP) is 4.68. The molecule has 1 unspecified atom stereocenters. The largest absolute Gasteiger partial charge is 0.439 e. The molecule has 1 aliphatic rings. The van der Waals surface area contributed by atoms with Gasteiger partial charge in [0.2, 0.25) is 0 Å². The fraction of sp³-hybridized carbons (Fsp3) is 0.353. The quantitative estimate of drug-likeness (QED) is 0.848. The standard InChI is InChI=1S/C17H21NO2/c1-17(13-9-4-2-3-5-10-14-17)20-16(19)18-15-11-7-6-8-12-15/h2,4,6-9,11-13H,3,5,10,14H2,1H3,(H,18,19)/b4-2-,13-9-. The molecule has 0 bridgehead atoms. The monoisotopic (exact) mass is 271 g/mol. The van der Waals surface area contributed by atoms with Crippen molar-refractivity contribution in [3.63, 3.8) is 0 Å². The third-order valence-corrected chi connectivity index (χ3v) is 3.34. The Morgan fingerprint density at radius 1 is 1.20 bits per heavy atom. The van der Waals surface area contributed by atoms with E-state index >= 15 is 0 Å². The number of anilines is 1. The van der Waals surface area contributed by atoms with Gasteiger partial charge in [-0.1, -0.05) is 36.4 Å². The molecule has 1 N–H and O–H groups in total. The second-order valence-corrected chi connectivity index (χ2v) is 5.23. The Kier molecular flexibility index (Phi) is 4.99. The van der Waals surface area contributed by atoms with Crippen molar-refractivity contribution in [2.24, 2.45) is 0 Å². The van der Waals surface area contributed by atoms with Gasteiger partial charge >= 0.3 is 6.09 Å². The van der Waals surface area contributed by atoms with Gasteiger partial charge < -0.3 is 4.74 Å². The van der Waals surface area contributed by atoms with Gasteiger partial charge in [0.15, 0.2) is 0 Å². The van der Waals surface area contributed by atoms with E-state index in [1.807, 2.05) is 55.5 Å². The average Bonchev–Trinajstić information content (AvgIpc) is 2.52. The Morgan fingerprint density at radius 2 is 2.00 bits per heavy atom. The molecule has 0 saturated carbocycles. The van der Waals surface area contributed by atoms with E-state index in [2.05, 4.69) is 11.4 Å². The molecule has 0 spiro atoms. The number of rotatable bonds is 2. The zero-order chi connectivity index (χ0) is 14.3. The number of carbonyl (C=O) groups is 1. The van der Waals surface area contributed by atoms with Gasteiger partial charge in [-0.2, -0.15) is 0 Å². The number of nitrogens with one attached hydrogen (secondary N) is 1. The average molecular weight is 271 g/mol. The Labute approximate surface area is 120 Å². The maximum absolute atomic E-state index is 12.0. The van der Waals surface area contributed by atoms with Crippen LogP contribution < -0.4 is 5.32 Å². The molecule has 1 aromatic rings. The van der Waals surface area contributed by atoms with Crippen molar-refractivity contribution in [2.45, 2.75) is 38.2 Å². The van der Waals surface area contributed by atoms with E-state index in [9.17, 15) is 4.79 Å². The van der Waals surface area contributed by atoms with Gasteiger partial charge in [-0.3, -0.25) is 5.32 Å². The number of allylic oxidation sites excluding steroid dienone is 3. The lowest BCUT2D eigenvalue weighted by molar-refractivity contribution is 0.0627. The van der Waals surface area contributed by atoms with Gasteiger partial charge in [-0.25, -0.2) is 4.79 Å². The van der Waals surface area contributed by atoms with Crippen LogP contribution in [0.15, 0.2) is 54.6 Å². The summed E-state index contributed by atoms with van der Waals surface area (Å²) < 4.78 is 5.60. The normalized spacial score (nSPS) is 25.6. The Morgan fingerprint density at radius 3 is 2.80 bits per heavy atom. The molecule has 0 aliphatic heterocycles. The molecule has 1 amide bonds. The highest BCUT2D eigenvalue weighted by Crippen LogP contribution is 2.23. The number of carbonyl (C=O) groups excluding carboxylic acids is 1. The SMILES string of the molecule is CC1(OC(=O)Nc2ccccc2)/C=C\C=C/CCCC1. The fourth-order valence-electron chi connectivity index (χ4n) is 2.22. The van der Waals surface area contributed by atoms with Crippen molar-refractivity contribution in [2.75, 3.05) is 5.32 Å². The summed E-state index contributed by atoms with van der Waals surface area (Å²) >= 11 is 0. The lowest BCUT2D eigenvalue weighted by atomic mass is 9.98. The molecule has 0 aromatic heterocycles. The van der Waals surface area contributed by atoms with Crippen LogP contribution in [-0.2, 0) is 4.74 Å². The van der Waals surface area contributed by atoms with E-state index < -0.39 is 11.7 Å². The number of hydrogen-bond donors (Lipinski definition) is 1. The zero-order valence-corrected chi connectivity index (χ0v) is 11.8. The second-order valence-electron chi connectivity index (χ2n) is 5.23. The maximum atomic E-state index is 12.0. The summed E-state index contributed by atoms with van der Waals surface area (Å²) in [4.78, 5) is 12.0. The Bertz CT molecular complexity index is 493. The predicted molar refractivity (Wildman–Crippen MR) is 81.7 cm³/mol. The van der Waals surface area contributed by atoms with Crippen molar-refractivity contribution in [3.8, 4) is 0 Å². The van der Waals surface area contributed by atoms with Gasteiger partial charge in [-0.05, 0) is 50.8 Å². The fourth-order valence-corrected chi connectivity index (χ4v) is 2.22. The summed E-state index contributed by atoms with van der Waals surface area (Å²) in [6, 6.07) is 9.34. The van der Waals surface area contributed by atoms with Crippen LogP contribution in [0.5, 0.6) is 0 Å². The molecule has 2 rings (SSSR count). The van der Waals surface area contributed by atoms with Gasteiger partial charge in [-0.15, -0.1) is 0 Å². The van der Waals surface area contributed by atoms with E-state index in [1.165, 1.54) is 0 Å².